The lowest BCUT2D eigenvalue weighted by molar-refractivity contribution is -0.143. The smallest absolute Gasteiger partial charge is 0.328 e. The van der Waals surface area contributed by atoms with Gasteiger partial charge in [0.2, 0.25) is 0 Å². The topological polar surface area (TPSA) is 38.7 Å². The number of rotatable bonds is 4. The van der Waals surface area contributed by atoms with Gasteiger partial charge in [0, 0.05) is 0 Å². The molecule has 0 N–H and O–H groups in total. The Labute approximate surface area is 110 Å². The maximum absolute atomic E-state index is 11.4. The van der Waals surface area contributed by atoms with Gasteiger partial charge in [0.1, 0.15) is 17.5 Å². The molecule has 1 rings (SSSR count). The van der Waals surface area contributed by atoms with Crippen molar-refractivity contribution in [2.24, 2.45) is 4.99 Å². The molecule has 0 fully saturated rings. The molecular formula is C12H15NO2S2. The summed E-state index contributed by atoms with van der Waals surface area (Å²) in [6.45, 7) is 0.396. The Balaban J connectivity index is 2.33. The fraction of sp³-hybridized carbons (Fsp3) is 0.333. The lowest BCUT2D eigenvalue weighted by Gasteiger charge is -2.03. The molecule has 0 aliphatic carbocycles. The average Bonchev–Trinajstić information content (AvgIpc) is 2.39. The minimum atomic E-state index is -0.297. The third-order valence-corrected chi connectivity index (χ3v) is 3.89. The van der Waals surface area contributed by atoms with E-state index in [1.165, 1.54) is 23.5 Å². The summed E-state index contributed by atoms with van der Waals surface area (Å²) in [7, 11) is 0. The second-order valence-corrected chi connectivity index (χ2v) is 4.98. The molecule has 0 aliphatic heterocycles. The molecule has 1 aromatic rings. The summed E-state index contributed by atoms with van der Waals surface area (Å²) in [4.78, 5) is 15.5. The first kappa shape index (κ1) is 14.1. The zero-order valence-electron chi connectivity index (χ0n) is 9.88. The molecule has 0 heterocycles. The first-order valence-corrected chi connectivity index (χ1v) is 7.53. The molecule has 0 saturated carbocycles. The molecule has 17 heavy (non-hydrogen) atoms. The predicted octanol–water partition coefficient (Wildman–Crippen LogP) is 2.81. The summed E-state index contributed by atoms with van der Waals surface area (Å²) < 4.78 is 5.99. The fourth-order valence-electron chi connectivity index (χ4n) is 1.13. The Morgan fingerprint density at radius 2 is 1.88 bits per heavy atom. The van der Waals surface area contributed by atoms with Gasteiger partial charge in [-0.3, -0.25) is 9.79 Å². The van der Waals surface area contributed by atoms with Crippen LogP contribution in [0.2, 0.25) is 0 Å². The Morgan fingerprint density at radius 3 is 2.47 bits per heavy atom. The Bertz CT molecular complexity index is 373. The predicted molar refractivity (Wildman–Crippen MR) is 75.6 cm³/mol. The van der Waals surface area contributed by atoms with E-state index in [0.717, 1.165) is 9.94 Å². The van der Waals surface area contributed by atoms with Crippen LogP contribution < -0.4 is 0 Å². The summed E-state index contributed by atoms with van der Waals surface area (Å²) in [6.07, 6.45) is 3.87. The van der Waals surface area contributed by atoms with Gasteiger partial charge in [-0.05, 0) is 18.1 Å². The van der Waals surface area contributed by atoms with Gasteiger partial charge >= 0.3 is 5.97 Å². The van der Waals surface area contributed by atoms with Gasteiger partial charge in [0.05, 0.1) is 0 Å². The van der Waals surface area contributed by atoms with E-state index in [0.29, 0.717) is 6.61 Å². The molecule has 1 aromatic carbocycles. The van der Waals surface area contributed by atoms with Crippen LogP contribution in [0, 0.1) is 0 Å². The third kappa shape index (κ3) is 5.79. The highest BCUT2D eigenvalue weighted by Gasteiger charge is 2.03. The molecule has 0 aromatic heterocycles. The highest BCUT2D eigenvalue weighted by Crippen LogP contribution is 2.10. The molecular weight excluding hydrogens is 254 g/mol. The number of carbonyl (C=O) groups is 1. The highest BCUT2D eigenvalue weighted by atomic mass is 32.2. The molecule has 5 heteroatoms. The number of hydrogen-bond donors (Lipinski definition) is 0. The monoisotopic (exact) mass is 269 g/mol. The SMILES string of the molecule is CSC(=NCC(=O)OCc1ccccc1)SC. The van der Waals surface area contributed by atoms with Gasteiger partial charge in [-0.1, -0.05) is 30.3 Å². The number of aliphatic imine (C=N–C) groups is 1. The van der Waals surface area contributed by atoms with Crippen LogP contribution in [0.5, 0.6) is 0 Å². The number of benzene rings is 1. The molecule has 92 valence electrons. The molecule has 3 nitrogen and oxygen atoms in total. The van der Waals surface area contributed by atoms with Crippen molar-refractivity contribution in [1.29, 1.82) is 0 Å². The van der Waals surface area contributed by atoms with Crippen molar-refractivity contribution in [3.05, 3.63) is 35.9 Å². The van der Waals surface area contributed by atoms with Gasteiger partial charge in [0.15, 0.2) is 0 Å². The van der Waals surface area contributed by atoms with Gasteiger partial charge < -0.3 is 4.74 Å². The first-order chi connectivity index (χ1) is 8.26. The maximum Gasteiger partial charge on any atom is 0.328 e. The standard InChI is InChI=1S/C12H15NO2S2/c1-16-12(17-2)13-8-11(14)15-9-10-6-4-3-5-7-10/h3-7H,8-9H2,1-2H3. The van der Waals surface area contributed by atoms with Gasteiger partial charge in [-0.2, -0.15) is 0 Å². The molecule has 0 amide bonds. The van der Waals surface area contributed by atoms with Crippen molar-refractivity contribution in [1.82, 2.24) is 0 Å². The van der Waals surface area contributed by atoms with Crippen molar-refractivity contribution < 1.29 is 9.53 Å². The lowest BCUT2D eigenvalue weighted by Crippen LogP contribution is -2.08. The van der Waals surface area contributed by atoms with E-state index in [1.807, 2.05) is 42.8 Å². The highest BCUT2D eigenvalue weighted by molar-refractivity contribution is 8.38. The molecule has 0 bridgehead atoms. The second kappa shape index (κ2) is 8.20. The summed E-state index contributed by atoms with van der Waals surface area (Å²) in [6, 6.07) is 9.61. The Morgan fingerprint density at radius 1 is 1.24 bits per heavy atom. The fourth-order valence-corrected chi connectivity index (χ4v) is 2.18. The van der Waals surface area contributed by atoms with Crippen LogP contribution in [0.25, 0.3) is 0 Å². The first-order valence-electron chi connectivity index (χ1n) is 5.08. The largest absolute Gasteiger partial charge is 0.459 e. The second-order valence-electron chi connectivity index (χ2n) is 3.14. The lowest BCUT2D eigenvalue weighted by atomic mass is 10.2. The van der Waals surface area contributed by atoms with Crippen LogP contribution in [0.15, 0.2) is 35.3 Å². The zero-order valence-corrected chi connectivity index (χ0v) is 11.5. The quantitative estimate of drug-likeness (QED) is 0.478. The van der Waals surface area contributed by atoms with Crippen molar-refractivity contribution in [2.45, 2.75) is 6.61 Å². The van der Waals surface area contributed by atoms with Crippen LogP contribution in [-0.2, 0) is 16.1 Å². The van der Waals surface area contributed by atoms with Crippen LogP contribution in [0.4, 0.5) is 0 Å². The molecule has 0 aliphatic rings. The van der Waals surface area contributed by atoms with E-state index in [2.05, 4.69) is 4.99 Å². The van der Waals surface area contributed by atoms with Crippen LogP contribution in [-0.4, -0.2) is 29.4 Å². The third-order valence-electron chi connectivity index (χ3n) is 1.93. The number of nitrogens with zero attached hydrogens (tertiary/aromatic N) is 1. The summed E-state index contributed by atoms with van der Waals surface area (Å²) in [5, 5.41) is 0. The Hall–Kier alpha value is -0.940. The van der Waals surface area contributed by atoms with Gasteiger partial charge in [-0.15, -0.1) is 23.5 Å². The zero-order chi connectivity index (χ0) is 12.5. The Kier molecular flexibility index (Phi) is 6.81. The van der Waals surface area contributed by atoms with Crippen molar-refractivity contribution in [2.75, 3.05) is 19.1 Å². The number of thioether (sulfide) groups is 2. The van der Waals surface area contributed by atoms with Crippen LogP contribution in [0.1, 0.15) is 5.56 Å². The minimum absolute atomic E-state index is 0.0871. The molecule has 0 atom stereocenters. The van der Waals surface area contributed by atoms with Crippen molar-refractivity contribution in [3.63, 3.8) is 0 Å². The average molecular weight is 269 g/mol. The van der Waals surface area contributed by atoms with E-state index in [-0.39, 0.29) is 12.5 Å². The van der Waals surface area contributed by atoms with Crippen molar-refractivity contribution in [3.8, 4) is 0 Å². The number of carbonyl (C=O) groups excluding carboxylic acids is 1. The van der Waals surface area contributed by atoms with E-state index in [1.54, 1.807) is 0 Å². The number of hydrogen-bond acceptors (Lipinski definition) is 5. The number of esters is 1. The van der Waals surface area contributed by atoms with E-state index in [9.17, 15) is 4.79 Å². The van der Waals surface area contributed by atoms with E-state index in [4.69, 9.17) is 4.74 Å². The molecule has 0 saturated heterocycles. The summed E-state index contributed by atoms with van der Waals surface area (Å²) >= 11 is 3.06. The molecule has 0 radical (unpaired) electrons. The van der Waals surface area contributed by atoms with Crippen LogP contribution in [0.3, 0.4) is 0 Å². The van der Waals surface area contributed by atoms with Gasteiger partial charge in [0.25, 0.3) is 0 Å². The van der Waals surface area contributed by atoms with Gasteiger partial charge in [-0.25, -0.2) is 0 Å². The summed E-state index contributed by atoms with van der Waals surface area (Å²) in [5.41, 5.74) is 0.986. The molecule has 0 unspecified atom stereocenters. The molecule has 0 spiro atoms. The summed E-state index contributed by atoms with van der Waals surface area (Å²) in [5.74, 6) is -0.297. The maximum atomic E-state index is 11.4. The normalized spacial score (nSPS) is 9.76. The number of ether oxygens (including phenoxy) is 1. The van der Waals surface area contributed by atoms with Crippen molar-refractivity contribution >= 4 is 33.9 Å². The van der Waals surface area contributed by atoms with Crippen LogP contribution >= 0.6 is 23.5 Å². The van der Waals surface area contributed by atoms with E-state index >= 15 is 0 Å². The minimum Gasteiger partial charge on any atom is -0.459 e. The van der Waals surface area contributed by atoms with E-state index < -0.39 is 0 Å².